The fourth-order valence-corrected chi connectivity index (χ4v) is 3.72. The van der Waals surface area contributed by atoms with Crippen LogP contribution in [0.25, 0.3) is 16.6 Å². The summed E-state index contributed by atoms with van der Waals surface area (Å²) in [5.74, 6) is -1.74. The van der Waals surface area contributed by atoms with E-state index in [9.17, 15) is 14.7 Å². The normalized spacial score (nSPS) is 11.5. The van der Waals surface area contributed by atoms with Crippen LogP contribution in [0.2, 0.25) is 0 Å². The zero-order chi connectivity index (χ0) is 20.2. The number of carboxylic acid groups (broad SMARTS) is 1. The second-order valence-electron chi connectivity index (χ2n) is 6.47. The number of carboxylic acids is 1. The molecule has 4 rings (SSSR count). The van der Waals surface area contributed by atoms with Crippen LogP contribution in [0, 0.1) is 0 Å². The van der Waals surface area contributed by atoms with E-state index in [2.05, 4.69) is 8.75 Å². The van der Waals surface area contributed by atoms with Gasteiger partial charge in [0.15, 0.2) is 5.78 Å². The smallest absolute Gasteiger partial charge is 0.545 e. The predicted molar refractivity (Wildman–Crippen MR) is 110 cm³/mol. The van der Waals surface area contributed by atoms with Crippen molar-refractivity contribution in [1.29, 1.82) is 0 Å². The molecule has 0 fully saturated rings. The van der Waals surface area contributed by atoms with Crippen LogP contribution in [-0.2, 0) is 11.2 Å². The Morgan fingerprint density at radius 1 is 0.800 bits per heavy atom. The van der Waals surface area contributed by atoms with Gasteiger partial charge in [-0.1, -0.05) is 66.7 Å². The van der Waals surface area contributed by atoms with Crippen LogP contribution in [0.1, 0.15) is 21.5 Å². The number of ketones is 1. The molecule has 4 aromatic rings. The number of benzene rings is 3. The summed E-state index contributed by atoms with van der Waals surface area (Å²) in [5.41, 5.74) is 2.94. The number of aliphatic carboxylic acids is 1. The fourth-order valence-electron chi connectivity index (χ4n) is 3.20. The molecule has 0 radical (unpaired) electrons. The molecule has 3 aromatic carbocycles. The first kappa shape index (κ1) is 22.1. The largest absolute Gasteiger partial charge is 1.00 e. The monoisotopic (exact) mass is 422 g/mol. The maximum absolute atomic E-state index is 13.3. The second kappa shape index (κ2) is 9.91. The summed E-state index contributed by atoms with van der Waals surface area (Å²) in [6, 6.07) is 22.9. The number of hydrogen-bond donors (Lipinski definition) is 0. The molecule has 0 aliphatic rings. The molecule has 0 spiro atoms. The van der Waals surface area contributed by atoms with Crippen molar-refractivity contribution in [2.45, 2.75) is 6.42 Å². The van der Waals surface area contributed by atoms with Crippen molar-refractivity contribution in [3.63, 3.8) is 0 Å². The van der Waals surface area contributed by atoms with Gasteiger partial charge < -0.3 is 9.90 Å². The van der Waals surface area contributed by atoms with Gasteiger partial charge in [-0.3, -0.25) is 4.79 Å². The Morgan fingerprint density at radius 2 is 1.43 bits per heavy atom. The van der Waals surface area contributed by atoms with E-state index in [1.165, 1.54) is 0 Å². The van der Waals surface area contributed by atoms with Crippen molar-refractivity contribution in [2.75, 3.05) is 0 Å². The summed E-state index contributed by atoms with van der Waals surface area (Å²) in [6.45, 7) is 0. The number of carbonyl (C=O) groups excluding carboxylic acids is 2. The zero-order valence-electron chi connectivity index (χ0n) is 16.2. The maximum atomic E-state index is 13.3. The third-order valence-corrected chi connectivity index (χ3v) is 5.14. The van der Waals surface area contributed by atoms with Crippen LogP contribution in [0.15, 0.2) is 84.4 Å². The number of allylic oxidation sites excluding steroid dienone is 1. The van der Waals surface area contributed by atoms with Crippen LogP contribution in [-0.4, -0.2) is 20.5 Å². The molecule has 5 nitrogen and oxygen atoms in total. The van der Waals surface area contributed by atoms with Gasteiger partial charge in [0, 0.05) is 23.1 Å². The maximum Gasteiger partial charge on any atom is 1.00 e. The first-order valence-electron chi connectivity index (χ1n) is 8.94. The van der Waals surface area contributed by atoms with Crippen LogP contribution >= 0.6 is 11.7 Å². The van der Waals surface area contributed by atoms with Gasteiger partial charge in [-0.15, -0.1) is 0 Å². The van der Waals surface area contributed by atoms with Gasteiger partial charge in [-0.25, -0.2) is 0 Å². The minimum absolute atomic E-state index is 0. The Kier molecular flexibility index (Phi) is 7.29. The van der Waals surface area contributed by atoms with E-state index < -0.39 is 5.97 Å². The topological polar surface area (TPSA) is 83.0 Å². The SMILES string of the molecule is O=C([O-])C(=C(Cc1ccccc1)C(=O)c1ccccc1)c1ccc2nsnc2c1.[Na+]. The van der Waals surface area contributed by atoms with Crippen LogP contribution in [0.3, 0.4) is 0 Å². The minimum atomic E-state index is -1.40. The van der Waals surface area contributed by atoms with E-state index in [0.29, 0.717) is 22.2 Å². The minimum Gasteiger partial charge on any atom is -0.545 e. The molecule has 7 heteroatoms. The second-order valence-corrected chi connectivity index (χ2v) is 6.99. The average Bonchev–Trinajstić information content (AvgIpc) is 3.22. The van der Waals surface area contributed by atoms with E-state index in [-0.39, 0.29) is 52.9 Å². The number of nitrogens with zero attached hydrogens (tertiary/aromatic N) is 2. The van der Waals surface area contributed by atoms with Crippen LogP contribution < -0.4 is 34.7 Å². The Labute approximate surface area is 199 Å². The van der Waals surface area contributed by atoms with Gasteiger partial charge in [0.1, 0.15) is 11.0 Å². The Hall–Kier alpha value is -2.64. The summed E-state index contributed by atoms with van der Waals surface area (Å²) >= 11 is 1.05. The van der Waals surface area contributed by atoms with E-state index in [0.717, 1.165) is 17.3 Å². The molecule has 0 amide bonds. The van der Waals surface area contributed by atoms with Crippen LogP contribution in [0.5, 0.6) is 0 Å². The van der Waals surface area contributed by atoms with Gasteiger partial charge in [0.25, 0.3) is 0 Å². The summed E-state index contributed by atoms with van der Waals surface area (Å²) in [5, 5.41) is 12.2. The molecular weight excluding hydrogens is 407 g/mol. The number of hydrogen-bond acceptors (Lipinski definition) is 6. The molecule has 0 bridgehead atoms. The Bertz CT molecular complexity index is 1220. The molecule has 0 aliphatic carbocycles. The molecule has 0 saturated heterocycles. The van der Waals surface area contributed by atoms with Gasteiger partial charge in [0.05, 0.1) is 17.7 Å². The molecule has 1 heterocycles. The zero-order valence-corrected chi connectivity index (χ0v) is 19.1. The van der Waals surface area contributed by atoms with Crippen molar-refractivity contribution in [1.82, 2.24) is 8.75 Å². The molecule has 0 saturated carbocycles. The number of fused-ring (bicyclic) bond motifs is 1. The molecule has 1 aromatic heterocycles. The summed E-state index contributed by atoms with van der Waals surface area (Å²) in [6.07, 6.45) is 0.172. The molecule has 142 valence electrons. The van der Waals surface area contributed by atoms with E-state index in [4.69, 9.17) is 0 Å². The van der Waals surface area contributed by atoms with Crippen molar-refractivity contribution < 1.29 is 44.3 Å². The van der Waals surface area contributed by atoms with Gasteiger partial charge in [0.2, 0.25) is 0 Å². The van der Waals surface area contributed by atoms with Crippen molar-refractivity contribution in [2.24, 2.45) is 0 Å². The van der Waals surface area contributed by atoms with Gasteiger partial charge in [-0.2, -0.15) is 8.75 Å². The third kappa shape index (κ3) is 4.74. The first-order valence-corrected chi connectivity index (χ1v) is 9.67. The van der Waals surface area contributed by atoms with Crippen LogP contribution in [0.4, 0.5) is 0 Å². The van der Waals surface area contributed by atoms with Crippen molar-refractivity contribution >= 4 is 40.1 Å². The van der Waals surface area contributed by atoms with Crippen molar-refractivity contribution in [3.05, 3.63) is 101 Å². The summed E-state index contributed by atoms with van der Waals surface area (Å²) in [4.78, 5) is 25.5. The number of carbonyl (C=O) groups is 2. The third-order valence-electron chi connectivity index (χ3n) is 4.58. The molecule has 0 N–H and O–H groups in total. The standard InChI is InChI=1S/C23H16N2O3S.Na/c26-22(16-9-5-2-6-10-16)18(13-15-7-3-1-4-8-15)21(23(27)28)17-11-12-19-20(14-17)25-29-24-19;/h1-12,14H,13H2,(H,27,28);/q;+1/p-1. The quantitative estimate of drug-likeness (QED) is 0.254. The fraction of sp³-hybridized carbons (Fsp3) is 0.0435. The van der Waals surface area contributed by atoms with Gasteiger partial charge in [-0.05, 0) is 23.3 Å². The molecule has 0 unspecified atom stereocenters. The molecule has 30 heavy (non-hydrogen) atoms. The predicted octanol–water partition coefficient (Wildman–Crippen LogP) is 0.324. The average molecular weight is 422 g/mol. The van der Waals surface area contributed by atoms with E-state index in [1.807, 2.05) is 30.3 Å². The molecule has 0 atom stereocenters. The van der Waals surface area contributed by atoms with E-state index in [1.54, 1.807) is 48.5 Å². The van der Waals surface area contributed by atoms with Crippen molar-refractivity contribution in [3.8, 4) is 0 Å². The number of aromatic nitrogens is 2. The number of Topliss-reactive ketones (excluding diaryl/α,β-unsaturated/α-hetero) is 1. The summed E-state index contributed by atoms with van der Waals surface area (Å²) in [7, 11) is 0. The Morgan fingerprint density at radius 3 is 2.10 bits per heavy atom. The molecular formula is C23H15N2NaO3S. The Balaban J connectivity index is 0.00000256. The van der Waals surface area contributed by atoms with E-state index >= 15 is 0 Å². The summed E-state index contributed by atoms with van der Waals surface area (Å²) < 4.78 is 8.32. The van der Waals surface area contributed by atoms with Gasteiger partial charge >= 0.3 is 29.6 Å². The number of rotatable bonds is 6. The first-order chi connectivity index (χ1) is 14.1. The molecule has 0 aliphatic heterocycles.